The van der Waals surface area contributed by atoms with Crippen LogP contribution >= 0.6 is 0 Å². The number of furan rings is 1. The number of aryl methyl sites for hydroxylation is 2. The highest BCUT2D eigenvalue weighted by Crippen LogP contribution is 2.14. The second-order valence-electron chi connectivity index (χ2n) is 3.50. The summed E-state index contributed by atoms with van der Waals surface area (Å²) < 4.78 is 6.83. The minimum absolute atomic E-state index is 0.773. The maximum Gasteiger partial charge on any atom is 0.0952 e. The van der Waals surface area contributed by atoms with E-state index in [1.165, 1.54) is 0 Å². The van der Waals surface area contributed by atoms with Crippen molar-refractivity contribution in [2.75, 3.05) is 5.32 Å². The first-order valence-corrected chi connectivity index (χ1v) is 5.07. The molecule has 0 fully saturated rings. The van der Waals surface area contributed by atoms with E-state index in [9.17, 15) is 0 Å². The third-order valence-electron chi connectivity index (χ3n) is 2.30. The van der Waals surface area contributed by atoms with Gasteiger partial charge in [-0.3, -0.25) is 4.68 Å². The van der Waals surface area contributed by atoms with Crippen LogP contribution in [0.1, 0.15) is 18.2 Å². The Balaban J connectivity index is 2.04. The number of anilines is 1. The van der Waals surface area contributed by atoms with Gasteiger partial charge in [-0.1, -0.05) is 6.92 Å². The molecule has 4 nitrogen and oxygen atoms in total. The fourth-order valence-corrected chi connectivity index (χ4v) is 1.53. The van der Waals surface area contributed by atoms with Gasteiger partial charge in [-0.05, 0) is 12.5 Å². The van der Waals surface area contributed by atoms with E-state index >= 15 is 0 Å². The molecule has 0 aromatic carbocycles. The maximum absolute atomic E-state index is 5.00. The minimum Gasteiger partial charge on any atom is -0.472 e. The van der Waals surface area contributed by atoms with Crippen LogP contribution in [-0.2, 0) is 20.0 Å². The Morgan fingerprint density at radius 3 is 3.07 bits per heavy atom. The van der Waals surface area contributed by atoms with E-state index < -0.39 is 0 Å². The highest BCUT2D eigenvalue weighted by atomic mass is 16.3. The first-order valence-electron chi connectivity index (χ1n) is 5.07. The van der Waals surface area contributed by atoms with Crippen molar-refractivity contribution in [1.29, 1.82) is 0 Å². The maximum atomic E-state index is 5.00. The molecule has 2 aromatic heterocycles. The third kappa shape index (κ3) is 2.21. The van der Waals surface area contributed by atoms with Crippen molar-refractivity contribution in [3.8, 4) is 0 Å². The Morgan fingerprint density at radius 1 is 1.53 bits per heavy atom. The quantitative estimate of drug-likeness (QED) is 0.832. The Morgan fingerprint density at radius 2 is 2.40 bits per heavy atom. The molecule has 0 amide bonds. The number of hydrogen-bond donors (Lipinski definition) is 1. The standard InChI is InChI=1S/C11H15N3O/c1-3-10-11(7-14(2)13-10)12-6-9-4-5-15-8-9/h4-5,7-8,12H,3,6H2,1-2H3. The lowest BCUT2D eigenvalue weighted by Crippen LogP contribution is -1.99. The van der Waals surface area contributed by atoms with Crippen LogP contribution in [0.5, 0.6) is 0 Å². The summed E-state index contributed by atoms with van der Waals surface area (Å²) in [5.74, 6) is 0. The van der Waals surface area contributed by atoms with Crippen LogP contribution < -0.4 is 5.32 Å². The molecule has 0 saturated heterocycles. The lowest BCUT2D eigenvalue weighted by atomic mass is 10.3. The zero-order chi connectivity index (χ0) is 10.7. The van der Waals surface area contributed by atoms with E-state index in [4.69, 9.17) is 4.42 Å². The summed E-state index contributed by atoms with van der Waals surface area (Å²) in [6.07, 6.45) is 6.36. The van der Waals surface area contributed by atoms with E-state index in [-0.39, 0.29) is 0 Å². The van der Waals surface area contributed by atoms with Crippen molar-refractivity contribution in [3.63, 3.8) is 0 Å². The van der Waals surface area contributed by atoms with Crippen LogP contribution in [-0.4, -0.2) is 9.78 Å². The van der Waals surface area contributed by atoms with Crippen LogP contribution in [0.3, 0.4) is 0 Å². The molecule has 0 bridgehead atoms. The number of aromatic nitrogens is 2. The fraction of sp³-hybridized carbons (Fsp3) is 0.364. The molecule has 2 heterocycles. The monoisotopic (exact) mass is 205 g/mol. The molecule has 0 radical (unpaired) electrons. The number of rotatable bonds is 4. The molecule has 0 aliphatic heterocycles. The molecule has 80 valence electrons. The molecule has 2 rings (SSSR count). The van der Waals surface area contributed by atoms with Crippen molar-refractivity contribution in [2.45, 2.75) is 19.9 Å². The van der Waals surface area contributed by atoms with Gasteiger partial charge in [0.05, 0.1) is 23.9 Å². The van der Waals surface area contributed by atoms with E-state index in [2.05, 4.69) is 17.3 Å². The molecule has 0 spiro atoms. The number of hydrogen-bond acceptors (Lipinski definition) is 3. The minimum atomic E-state index is 0.773. The Hall–Kier alpha value is -1.71. The van der Waals surface area contributed by atoms with Crippen LogP contribution in [0, 0.1) is 0 Å². The fourth-order valence-electron chi connectivity index (χ4n) is 1.53. The van der Waals surface area contributed by atoms with Gasteiger partial charge in [0.15, 0.2) is 0 Å². The van der Waals surface area contributed by atoms with E-state index in [0.29, 0.717) is 0 Å². The van der Waals surface area contributed by atoms with Gasteiger partial charge < -0.3 is 9.73 Å². The van der Waals surface area contributed by atoms with Crippen LogP contribution in [0.25, 0.3) is 0 Å². The van der Waals surface area contributed by atoms with Crippen molar-refractivity contribution in [1.82, 2.24) is 9.78 Å². The summed E-state index contributed by atoms with van der Waals surface area (Å²) in [6, 6.07) is 1.95. The predicted molar refractivity (Wildman–Crippen MR) is 58.6 cm³/mol. The van der Waals surface area contributed by atoms with Gasteiger partial charge in [0, 0.05) is 25.4 Å². The summed E-state index contributed by atoms with van der Waals surface area (Å²) in [5, 5.41) is 7.70. The topological polar surface area (TPSA) is 43.0 Å². The van der Waals surface area contributed by atoms with Gasteiger partial charge in [0.1, 0.15) is 0 Å². The molecule has 4 heteroatoms. The van der Waals surface area contributed by atoms with Gasteiger partial charge in [-0.15, -0.1) is 0 Å². The molecule has 0 aliphatic carbocycles. The van der Waals surface area contributed by atoms with Crippen LogP contribution in [0.4, 0.5) is 5.69 Å². The molecular formula is C11H15N3O. The Kier molecular flexibility index (Phi) is 2.76. The van der Waals surface area contributed by atoms with Gasteiger partial charge >= 0.3 is 0 Å². The van der Waals surface area contributed by atoms with Gasteiger partial charge in [0.25, 0.3) is 0 Å². The molecule has 0 saturated carbocycles. The van der Waals surface area contributed by atoms with Gasteiger partial charge in [-0.2, -0.15) is 5.10 Å². The van der Waals surface area contributed by atoms with Crippen molar-refractivity contribution in [2.24, 2.45) is 7.05 Å². The van der Waals surface area contributed by atoms with Crippen molar-refractivity contribution in [3.05, 3.63) is 36.0 Å². The van der Waals surface area contributed by atoms with Crippen LogP contribution in [0.15, 0.2) is 29.2 Å². The van der Waals surface area contributed by atoms with Crippen LogP contribution in [0.2, 0.25) is 0 Å². The van der Waals surface area contributed by atoms with E-state index in [0.717, 1.165) is 29.9 Å². The summed E-state index contributed by atoms with van der Waals surface area (Å²) in [4.78, 5) is 0. The first-order chi connectivity index (χ1) is 7.29. The van der Waals surface area contributed by atoms with Crippen molar-refractivity contribution >= 4 is 5.69 Å². The molecule has 0 atom stereocenters. The highest BCUT2D eigenvalue weighted by molar-refractivity contribution is 5.46. The molecule has 1 N–H and O–H groups in total. The number of nitrogens with one attached hydrogen (secondary N) is 1. The third-order valence-corrected chi connectivity index (χ3v) is 2.30. The van der Waals surface area contributed by atoms with E-state index in [1.54, 1.807) is 12.5 Å². The second-order valence-corrected chi connectivity index (χ2v) is 3.50. The smallest absolute Gasteiger partial charge is 0.0952 e. The highest BCUT2D eigenvalue weighted by Gasteiger charge is 2.04. The van der Waals surface area contributed by atoms with E-state index in [1.807, 2.05) is 24.0 Å². The average Bonchev–Trinajstić information content (AvgIpc) is 2.83. The SMILES string of the molecule is CCc1nn(C)cc1NCc1ccoc1. The molecular weight excluding hydrogens is 190 g/mol. The summed E-state index contributed by atoms with van der Waals surface area (Å²) in [6.45, 7) is 2.88. The largest absolute Gasteiger partial charge is 0.472 e. The first kappa shape index (κ1) is 9.83. The lowest BCUT2D eigenvalue weighted by Gasteiger charge is -2.02. The van der Waals surface area contributed by atoms with Gasteiger partial charge in [-0.25, -0.2) is 0 Å². The predicted octanol–water partition coefficient (Wildman–Crippen LogP) is 2.19. The number of nitrogens with zero attached hydrogens (tertiary/aromatic N) is 2. The molecule has 0 aliphatic rings. The normalized spacial score (nSPS) is 10.5. The average molecular weight is 205 g/mol. The molecule has 2 aromatic rings. The van der Waals surface area contributed by atoms with Crippen molar-refractivity contribution < 1.29 is 4.42 Å². The molecule has 15 heavy (non-hydrogen) atoms. The Bertz CT molecular complexity index is 417. The zero-order valence-corrected chi connectivity index (χ0v) is 9.03. The van der Waals surface area contributed by atoms with Gasteiger partial charge in [0.2, 0.25) is 0 Å². The lowest BCUT2D eigenvalue weighted by molar-refractivity contribution is 0.564. The zero-order valence-electron chi connectivity index (χ0n) is 9.03. The Labute approximate surface area is 88.9 Å². The summed E-state index contributed by atoms with van der Waals surface area (Å²) in [5.41, 5.74) is 3.34. The summed E-state index contributed by atoms with van der Waals surface area (Å²) >= 11 is 0. The molecule has 0 unspecified atom stereocenters. The summed E-state index contributed by atoms with van der Waals surface area (Å²) in [7, 11) is 1.93. The second kappa shape index (κ2) is 4.21.